The van der Waals surface area contributed by atoms with E-state index in [9.17, 15) is 29.7 Å². The average Bonchev–Trinajstić information content (AvgIpc) is 0.768. The first kappa shape index (κ1) is 142. The molecule has 0 aromatic rings. The van der Waals surface area contributed by atoms with Gasteiger partial charge in [-0.05, 0) is 107 Å². The van der Waals surface area contributed by atoms with Crippen molar-refractivity contribution in [3.8, 4) is 0 Å². The highest BCUT2D eigenvalue weighted by Gasteiger charge is 2.56. The van der Waals surface area contributed by atoms with Crippen molar-refractivity contribution in [1.29, 1.82) is 0 Å². The molecule has 0 aromatic carbocycles. The highest BCUT2D eigenvalue weighted by Crippen LogP contribution is 2.38. The van der Waals surface area contributed by atoms with Crippen LogP contribution in [0.25, 0.3) is 0 Å². The second-order valence-electron chi connectivity index (χ2n) is 48.9. The van der Waals surface area contributed by atoms with Crippen molar-refractivity contribution in [1.82, 2.24) is 0 Å². The molecule has 2 aliphatic heterocycles. The molecule has 16 nitrogen and oxygen atoms in total. The smallest absolute Gasteiger partial charge is 0.333 e. The Kier molecular flexibility index (Phi) is 93.1. The third-order valence-electron chi connectivity index (χ3n) is 32.8. The van der Waals surface area contributed by atoms with Crippen molar-refractivity contribution in [3.63, 3.8) is 0 Å². The Morgan fingerprint density at radius 3 is 0.700 bits per heavy atom. The molecule has 2 aliphatic rings. The Balaban J connectivity index is 2.68. The Morgan fingerprint density at radius 1 is 0.247 bits per heavy atom. The van der Waals surface area contributed by atoms with E-state index in [1.54, 1.807) is 27.7 Å². The number of aliphatic hydroxyl groups is 3. The van der Waals surface area contributed by atoms with Crippen molar-refractivity contribution >= 4 is 29.8 Å². The molecule has 2 fully saturated rings. The van der Waals surface area contributed by atoms with Crippen LogP contribution in [0.4, 0.5) is 0 Å². The normalized spacial score (nSPS) is 20.1. The summed E-state index contributed by atoms with van der Waals surface area (Å²) < 4.78 is 52.3. The fourth-order valence-corrected chi connectivity index (χ4v) is 23.4. The number of carbonyl (C=O) groups excluding carboxylic acids is 5. The predicted octanol–water partition coefficient (Wildman–Crippen LogP) is 39.1. The number of unbranched alkanes of at least 4 members (excludes halogenated alkanes) is 70. The van der Waals surface area contributed by atoms with Crippen molar-refractivity contribution in [3.05, 3.63) is 46.6 Å². The van der Waals surface area contributed by atoms with E-state index in [2.05, 4.69) is 90.0 Å². The standard InChI is InChI=1S/C134H248O16/c1-18-23-28-33-38-43-48-53-57-59-60-62-67-71-75-78-83-88-93-108(6)98-112(10)102-116(14)129(139)143-107-121-123(137)126(148-131(141)118(16)104-114(12)100-110(8)95-90-85-80-74-69-65-56-51-46-41-36-31-26-21-4)128(146-122(136)97-92-87-82-77-72-63-52-47-42-37-32-27-22-5)134(145-121)150-133-127(149-132(142)119(17)105-115(13)101-111(9)96-91-86-81-76-70-66-61-58-54-49-44-39-34-29-24-19-2)124(138)125(120(106-135)144-133)147-130(140)117(15)103-113(11)99-109(7)94-89-84-79-73-68-64-55-50-45-40-35-30-25-20-3/h102-105,108-115,120-121,123-128,133-135,137-138H,18-101,106-107H2,1-17H3/b116-102+,117-103+,118-104+,119-105+/t108-,109-,110-,111-,112-,113-,114-,115-,120?,121?,123+,124?,125+,126?,127-,128+,133+,134+/m0/s1. The topological polar surface area (TPSA) is 220 Å². The monoisotopic (exact) mass is 2110 g/mol. The molecule has 880 valence electrons. The minimum Gasteiger partial charge on any atom is -0.459 e. The van der Waals surface area contributed by atoms with Gasteiger partial charge in [0.15, 0.2) is 24.4 Å². The van der Waals surface area contributed by atoms with Crippen molar-refractivity contribution < 1.29 is 77.2 Å². The Labute approximate surface area is 927 Å². The molecule has 2 rings (SSSR count). The Bertz CT molecular complexity index is 3270. The van der Waals surface area contributed by atoms with Gasteiger partial charge >= 0.3 is 29.8 Å². The molecule has 18 atom stereocenters. The fraction of sp³-hybridized carbons (Fsp3) is 0.903. The SMILES string of the molecule is CCCCCCCCCCCCCCCCCCCC[C@H](C)C[C@H](C)/C=C(\C)C(=O)OCC1O[C@H](O[C@H]2OC(CO)[C@@H](OC(=O)/C(C)=C/[C@@H](C)C[C@@H](C)CCCCCCCCCCCCCCCC)C(O)[C@@H]2OC(=O)/C(C)=C/[C@@H](C)C[C@@H](C)CCCCCCCCCCCCCCCCCC)[C@H](OC(=O)CCCCCCCCCCCCCCC)C(OC(=O)/C(C)=C/[C@@H](C)C[C@@H](C)CCCCCCCCCCCCCCCC)[C@@H]1O. The zero-order chi connectivity index (χ0) is 110. The molecule has 0 aromatic heterocycles. The van der Waals surface area contributed by atoms with Gasteiger partial charge in [-0.1, -0.05) is 615 Å². The van der Waals surface area contributed by atoms with Crippen LogP contribution < -0.4 is 0 Å². The highest BCUT2D eigenvalue weighted by molar-refractivity contribution is 5.89. The summed E-state index contributed by atoms with van der Waals surface area (Å²) in [6.45, 7) is 34.2. The van der Waals surface area contributed by atoms with Crippen LogP contribution >= 0.6 is 0 Å². The minimum absolute atomic E-state index is 0.00146. The maximum atomic E-state index is 15.1. The van der Waals surface area contributed by atoms with E-state index in [4.69, 9.17) is 37.9 Å². The van der Waals surface area contributed by atoms with Crippen LogP contribution in [0.5, 0.6) is 0 Å². The van der Waals surface area contributed by atoms with Crippen LogP contribution in [0.15, 0.2) is 46.6 Å². The van der Waals surface area contributed by atoms with Crippen LogP contribution in [-0.4, -0.2) is 120 Å². The van der Waals surface area contributed by atoms with Crippen LogP contribution in [0.3, 0.4) is 0 Å². The highest BCUT2D eigenvalue weighted by atomic mass is 16.8. The summed E-state index contributed by atoms with van der Waals surface area (Å²) in [6, 6.07) is 0. The Morgan fingerprint density at radius 2 is 0.453 bits per heavy atom. The van der Waals surface area contributed by atoms with E-state index in [0.717, 1.165) is 103 Å². The van der Waals surface area contributed by atoms with Gasteiger partial charge in [-0.3, -0.25) is 4.79 Å². The molecule has 16 heteroatoms. The quantitative estimate of drug-likeness (QED) is 0.0223. The first-order chi connectivity index (χ1) is 72.7. The van der Waals surface area contributed by atoms with Crippen molar-refractivity contribution in [2.24, 2.45) is 47.3 Å². The molecule has 0 amide bonds. The van der Waals surface area contributed by atoms with E-state index in [0.29, 0.717) is 41.2 Å². The lowest BCUT2D eigenvalue weighted by atomic mass is 9.91. The second kappa shape index (κ2) is 98.2. The van der Waals surface area contributed by atoms with Gasteiger partial charge < -0.3 is 53.2 Å². The zero-order valence-electron chi connectivity index (χ0n) is 102. The molecule has 0 saturated carbocycles. The molecule has 0 radical (unpaired) electrons. The maximum Gasteiger partial charge on any atom is 0.333 e. The summed E-state index contributed by atoms with van der Waals surface area (Å²) in [5, 5.41) is 37.6. The van der Waals surface area contributed by atoms with E-state index in [1.165, 1.54) is 424 Å². The second-order valence-corrected chi connectivity index (χ2v) is 48.9. The molecule has 0 aliphatic carbocycles. The van der Waals surface area contributed by atoms with Crippen LogP contribution in [0.1, 0.15) is 657 Å². The summed E-state index contributed by atoms with van der Waals surface area (Å²) in [5.74, 6) is -2.17. The van der Waals surface area contributed by atoms with Crippen molar-refractivity contribution in [2.75, 3.05) is 13.2 Å². The van der Waals surface area contributed by atoms with Crippen LogP contribution in [-0.2, 0) is 61.9 Å². The molecule has 0 bridgehead atoms. The third kappa shape index (κ3) is 76.7. The lowest BCUT2D eigenvalue weighted by molar-refractivity contribution is -0.377. The average molecular weight is 2120 g/mol. The molecule has 2 heterocycles. The summed E-state index contributed by atoms with van der Waals surface area (Å²) >= 11 is 0. The summed E-state index contributed by atoms with van der Waals surface area (Å²) in [5.41, 5.74) is 1.18. The van der Waals surface area contributed by atoms with Gasteiger partial charge in [0.05, 0.1) is 6.61 Å². The Hall–Kier alpha value is -3.93. The van der Waals surface area contributed by atoms with E-state index in [-0.39, 0.29) is 41.2 Å². The van der Waals surface area contributed by atoms with Gasteiger partial charge in [-0.2, -0.15) is 0 Å². The van der Waals surface area contributed by atoms with Crippen LogP contribution in [0, 0.1) is 47.3 Å². The van der Waals surface area contributed by atoms with Gasteiger partial charge in [0.2, 0.25) is 12.6 Å². The minimum atomic E-state index is -1.92. The molecular formula is C134H248O16. The lowest BCUT2D eigenvalue weighted by Gasteiger charge is -2.47. The van der Waals surface area contributed by atoms with Gasteiger partial charge in [0, 0.05) is 28.7 Å². The molecule has 150 heavy (non-hydrogen) atoms. The maximum absolute atomic E-state index is 15.1. The van der Waals surface area contributed by atoms with E-state index < -0.39 is 104 Å². The first-order valence-corrected chi connectivity index (χ1v) is 65.4. The van der Waals surface area contributed by atoms with E-state index in [1.807, 2.05) is 24.3 Å². The number of aliphatic hydroxyl groups excluding tert-OH is 3. The van der Waals surface area contributed by atoms with E-state index >= 15 is 9.59 Å². The van der Waals surface area contributed by atoms with Crippen molar-refractivity contribution in [2.45, 2.75) is 718 Å². The van der Waals surface area contributed by atoms with Gasteiger partial charge in [0.1, 0.15) is 31.0 Å². The number of allylic oxidation sites excluding steroid dienone is 4. The summed E-state index contributed by atoms with van der Waals surface area (Å²) in [7, 11) is 0. The fourth-order valence-electron chi connectivity index (χ4n) is 23.4. The molecule has 3 N–H and O–H groups in total. The predicted molar refractivity (Wildman–Crippen MR) is 633 cm³/mol. The third-order valence-corrected chi connectivity index (χ3v) is 32.8. The number of esters is 5. The molecule has 2 saturated heterocycles. The largest absolute Gasteiger partial charge is 0.459 e. The van der Waals surface area contributed by atoms with Crippen LogP contribution in [0.2, 0.25) is 0 Å². The summed E-state index contributed by atoms with van der Waals surface area (Å²) in [6.07, 6.45) is 93.8. The number of hydrogen-bond acceptors (Lipinski definition) is 16. The number of ether oxygens (including phenoxy) is 8. The molecular weight excluding hydrogens is 1870 g/mol. The lowest BCUT2D eigenvalue weighted by Crippen LogP contribution is -2.66. The van der Waals surface area contributed by atoms with Gasteiger partial charge in [-0.15, -0.1) is 0 Å². The first-order valence-electron chi connectivity index (χ1n) is 65.4. The number of hydrogen-bond donors (Lipinski definition) is 3. The van der Waals surface area contributed by atoms with Gasteiger partial charge in [0.25, 0.3) is 0 Å². The van der Waals surface area contributed by atoms with Gasteiger partial charge in [-0.25, -0.2) is 19.2 Å². The molecule has 4 unspecified atom stereocenters. The molecule has 0 spiro atoms. The zero-order valence-corrected chi connectivity index (χ0v) is 102. The summed E-state index contributed by atoms with van der Waals surface area (Å²) in [4.78, 5) is 74.2. The number of rotatable bonds is 105. The number of carbonyl (C=O) groups is 5.